The molecular formula is C75H102N20O9. The molecule has 3 saturated heterocycles. The lowest BCUT2D eigenvalue weighted by Gasteiger charge is -2.33. The van der Waals surface area contributed by atoms with Crippen LogP contribution in [0.15, 0.2) is 84.3 Å². The van der Waals surface area contributed by atoms with Crippen LogP contribution in [0.5, 0.6) is 0 Å². The molecule has 6 atom stereocenters. The average molecular weight is 1430 g/mol. The Labute approximate surface area is 605 Å². The average Bonchev–Trinajstić information content (AvgIpc) is 1.62. The van der Waals surface area contributed by atoms with Crippen molar-refractivity contribution in [3.63, 3.8) is 0 Å². The molecule has 29 heteroatoms. The van der Waals surface area contributed by atoms with E-state index in [0.29, 0.717) is 79.4 Å². The zero-order valence-electron chi connectivity index (χ0n) is 61.4. The first-order valence-corrected chi connectivity index (χ1v) is 37.3. The SMILES string of the molecule is COC[C@H](C)Nc1ncc2c(-c3ccnc(N4C[C@H]5CC[C@@H](C4)O5)c3)cc(C3CCC(O)CC3)n2n1.COC[C@H](C)Nc1ncc2c(-c3cnn(C(C)(C)c4nnc(C)o4)c3)cc(C3CCC(O)CC3)n2n1.COC[C@H](C)Nc1ncc2c(-c3cnn(CC4CCO4)c3)cc(C3CCC(O)CC3)n2n1. The number of aromatic nitrogens is 16. The Bertz CT molecular complexity index is 4460. The first-order valence-electron chi connectivity index (χ1n) is 37.3. The molecular weight excluding hydrogens is 1320 g/mol. The third-order valence-electron chi connectivity index (χ3n) is 21.4. The van der Waals surface area contributed by atoms with Crippen molar-refractivity contribution in [2.24, 2.45) is 0 Å². The molecule has 556 valence electrons. The van der Waals surface area contributed by atoms with Gasteiger partial charge in [0.1, 0.15) is 11.4 Å². The Morgan fingerprint density at radius 3 is 1.40 bits per heavy atom. The van der Waals surface area contributed by atoms with E-state index in [1.165, 1.54) is 11.4 Å². The minimum Gasteiger partial charge on any atom is -0.423 e. The standard InChI is InChI=1S/C27H36N6O3.C25H34N8O3.C23H32N6O3/c1-17(16-35-2)30-27-29-13-25-23(12-24(33(25)31-27)18-3-5-20(34)6-4-18)19-9-10-28-26(11-19)32-14-21-7-8-22(15-32)36-21;1-15(14-35-5)28-24-26-12-22-20(10-21(33(22)31-24)17-6-8-19(34)9-7-17)18-11-27-32(13-18)25(3,4)23-30-29-16(2)36-23;1-15(14-31-2)26-23-24-11-22-20(17-10-25-28(12-17)13-19-7-8-32-19)9-21(29(22)27-23)16-3-5-18(30)6-4-16/h9-13,17-18,20-22,34H,3-8,14-16H2,1-2H3,(H,30,31);10-13,15,17,19,34H,6-9,14H2,1-5H3,(H,28,31);9-12,15-16,18-19,30H,3-8,13-14H2,1-2H3,(H,26,27)/t17-,18?,20?,21-,22+;15-,17?,19?;15-,16?,18?,19?/m000/s1. The quantitative estimate of drug-likeness (QED) is 0.0347. The normalized spacial score (nSPS) is 23.6. The number of rotatable bonds is 23. The van der Waals surface area contributed by atoms with Gasteiger partial charge in [-0.05, 0) is 167 Å². The van der Waals surface area contributed by atoms with Gasteiger partial charge in [-0.1, -0.05) is 0 Å². The molecule has 6 fully saturated rings. The van der Waals surface area contributed by atoms with E-state index in [0.717, 1.165) is 184 Å². The number of nitrogens with zero attached hydrogens (tertiary/aromatic N) is 17. The Morgan fingerprint density at radius 2 is 0.981 bits per heavy atom. The van der Waals surface area contributed by atoms with Crippen molar-refractivity contribution in [2.75, 3.05) is 81.7 Å². The van der Waals surface area contributed by atoms with Gasteiger partial charge in [-0.3, -0.25) is 9.36 Å². The van der Waals surface area contributed by atoms with Gasteiger partial charge in [-0.2, -0.15) is 10.2 Å². The molecule has 6 N–H and O–H groups in total. The summed E-state index contributed by atoms with van der Waals surface area (Å²) >= 11 is 0. The molecule has 2 bridgehead atoms. The summed E-state index contributed by atoms with van der Waals surface area (Å²) in [5, 5.41) is 72.1. The van der Waals surface area contributed by atoms with Crippen LogP contribution in [-0.4, -0.2) is 209 Å². The number of fused-ring (bicyclic) bond motifs is 5. The molecule has 0 spiro atoms. The number of anilines is 4. The summed E-state index contributed by atoms with van der Waals surface area (Å²) in [7, 11) is 5.06. The van der Waals surface area contributed by atoms with Gasteiger partial charge < -0.3 is 64.3 Å². The fourth-order valence-electron chi connectivity index (χ4n) is 15.7. The Balaban J connectivity index is 0.000000132. The van der Waals surface area contributed by atoms with Crippen LogP contribution in [0.2, 0.25) is 0 Å². The monoisotopic (exact) mass is 1430 g/mol. The summed E-state index contributed by atoms with van der Waals surface area (Å²) < 4.78 is 42.9. The number of methoxy groups -OCH3 is 3. The summed E-state index contributed by atoms with van der Waals surface area (Å²) in [5.41, 5.74) is 12.1. The molecule has 10 aromatic rings. The second-order valence-corrected chi connectivity index (χ2v) is 30.0. The van der Waals surface area contributed by atoms with Crippen LogP contribution in [0.1, 0.15) is 178 Å². The number of hydrogen-bond acceptors (Lipinski definition) is 24. The summed E-state index contributed by atoms with van der Waals surface area (Å²) in [4.78, 5) is 20.9. The molecule has 6 aliphatic rings. The molecule has 3 aliphatic heterocycles. The lowest BCUT2D eigenvalue weighted by atomic mass is 9.85. The third-order valence-corrected chi connectivity index (χ3v) is 21.4. The molecule has 104 heavy (non-hydrogen) atoms. The minimum atomic E-state index is -0.609. The highest BCUT2D eigenvalue weighted by Crippen LogP contribution is 2.42. The topological polar surface area (TPSA) is 324 Å². The van der Waals surface area contributed by atoms with Crippen LogP contribution in [0, 0.1) is 6.92 Å². The zero-order chi connectivity index (χ0) is 72.2. The molecule has 3 saturated carbocycles. The predicted octanol–water partition coefficient (Wildman–Crippen LogP) is 10.0. The number of ether oxygens (including phenoxy) is 5. The Morgan fingerprint density at radius 1 is 0.538 bits per heavy atom. The number of hydrogen-bond donors (Lipinski definition) is 6. The first-order chi connectivity index (χ1) is 50.4. The summed E-state index contributed by atoms with van der Waals surface area (Å²) in [5.74, 6) is 4.76. The molecule has 10 aromatic heterocycles. The van der Waals surface area contributed by atoms with E-state index in [1.807, 2.05) is 89.5 Å². The van der Waals surface area contributed by atoms with Crippen LogP contribution in [-0.2, 0) is 35.8 Å². The van der Waals surface area contributed by atoms with Crippen molar-refractivity contribution in [3.05, 3.63) is 109 Å². The van der Waals surface area contributed by atoms with Gasteiger partial charge in [-0.15, -0.1) is 25.5 Å². The predicted molar refractivity (Wildman–Crippen MR) is 393 cm³/mol. The summed E-state index contributed by atoms with van der Waals surface area (Å²) in [6.45, 7) is 17.0. The zero-order valence-corrected chi connectivity index (χ0v) is 61.4. The van der Waals surface area contributed by atoms with Crippen LogP contribution in [0.4, 0.5) is 23.7 Å². The summed E-state index contributed by atoms with van der Waals surface area (Å²) in [6, 6.07) is 11.3. The van der Waals surface area contributed by atoms with Crippen LogP contribution in [0.3, 0.4) is 0 Å². The Hall–Kier alpha value is -8.55. The van der Waals surface area contributed by atoms with Gasteiger partial charge in [0.25, 0.3) is 0 Å². The highest BCUT2D eigenvalue weighted by atomic mass is 16.5. The second kappa shape index (κ2) is 32.0. The van der Waals surface area contributed by atoms with Gasteiger partial charge in [0, 0.05) is 147 Å². The molecule has 29 nitrogen and oxygen atoms in total. The van der Waals surface area contributed by atoms with E-state index in [4.69, 9.17) is 48.4 Å². The fourth-order valence-corrected chi connectivity index (χ4v) is 15.7. The van der Waals surface area contributed by atoms with Gasteiger partial charge in [-0.25, -0.2) is 33.5 Å². The number of aliphatic hydroxyl groups excluding tert-OH is 3. The maximum Gasteiger partial charge on any atom is 0.243 e. The van der Waals surface area contributed by atoms with Crippen molar-refractivity contribution < 1.29 is 43.4 Å². The van der Waals surface area contributed by atoms with E-state index in [1.54, 1.807) is 28.3 Å². The van der Waals surface area contributed by atoms with E-state index < -0.39 is 5.54 Å². The van der Waals surface area contributed by atoms with Crippen molar-refractivity contribution in [1.29, 1.82) is 0 Å². The second-order valence-electron chi connectivity index (χ2n) is 30.0. The lowest BCUT2D eigenvalue weighted by molar-refractivity contribution is -0.0609. The van der Waals surface area contributed by atoms with Gasteiger partial charge in [0.2, 0.25) is 29.6 Å². The molecule has 0 amide bonds. The molecule has 16 rings (SSSR count). The summed E-state index contributed by atoms with van der Waals surface area (Å²) in [6.07, 6.45) is 29.6. The van der Waals surface area contributed by atoms with Crippen LogP contribution in [0.25, 0.3) is 49.9 Å². The number of morpholine rings is 1. The van der Waals surface area contributed by atoms with Gasteiger partial charge in [0.15, 0.2) is 0 Å². The first kappa shape index (κ1) is 72.4. The number of nitrogens with one attached hydrogen (secondary N) is 3. The highest BCUT2D eigenvalue weighted by Gasteiger charge is 2.36. The largest absolute Gasteiger partial charge is 0.423 e. The smallest absolute Gasteiger partial charge is 0.243 e. The van der Waals surface area contributed by atoms with Crippen molar-refractivity contribution in [2.45, 2.75) is 222 Å². The molecule has 3 aliphatic carbocycles. The van der Waals surface area contributed by atoms with Crippen LogP contribution >= 0.6 is 0 Å². The van der Waals surface area contributed by atoms with E-state index in [-0.39, 0.29) is 42.5 Å². The molecule has 13 heterocycles. The van der Waals surface area contributed by atoms with Crippen molar-refractivity contribution in [1.82, 2.24) is 78.5 Å². The van der Waals surface area contributed by atoms with E-state index in [9.17, 15) is 15.3 Å². The molecule has 1 unspecified atom stereocenters. The van der Waals surface area contributed by atoms with E-state index in [2.05, 4.69) is 104 Å². The minimum absolute atomic E-state index is 0.0737. The van der Waals surface area contributed by atoms with Crippen molar-refractivity contribution >= 4 is 40.2 Å². The number of pyridine rings is 1. The number of aryl methyl sites for hydroxylation is 1. The van der Waals surface area contributed by atoms with E-state index >= 15 is 0 Å². The lowest BCUT2D eigenvalue weighted by Crippen LogP contribution is -2.43. The maximum absolute atomic E-state index is 10.1. The van der Waals surface area contributed by atoms with Gasteiger partial charge >= 0.3 is 0 Å². The van der Waals surface area contributed by atoms with Crippen molar-refractivity contribution in [3.8, 4) is 33.4 Å². The fraction of sp³-hybridized carbons (Fsp3) is 0.587. The maximum atomic E-state index is 10.1. The third kappa shape index (κ3) is 16.3. The number of aliphatic hydroxyl groups is 3. The molecule has 0 aromatic carbocycles. The Kier molecular flexibility index (Phi) is 22.3. The van der Waals surface area contributed by atoms with Crippen LogP contribution < -0.4 is 20.9 Å². The van der Waals surface area contributed by atoms with Gasteiger partial charge in [0.05, 0.1) is 111 Å². The highest BCUT2D eigenvalue weighted by molar-refractivity contribution is 5.84. The molecule has 0 radical (unpaired) electrons.